The summed E-state index contributed by atoms with van der Waals surface area (Å²) >= 11 is 0. The van der Waals surface area contributed by atoms with Gasteiger partial charge >= 0.3 is 5.97 Å². The van der Waals surface area contributed by atoms with E-state index < -0.39 is 0 Å². The molecule has 0 radical (unpaired) electrons. The number of anilines is 1. The summed E-state index contributed by atoms with van der Waals surface area (Å²) < 4.78 is 64.6. The number of benzene rings is 1. The number of nitrogens with one attached hydrogen (secondary N) is 1. The van der Waals surface area contributed by atoms with Crippen LogP contribution in [0.3, 0.4) is 0 Å². The Morgan fingerprint density at radius 2 is 0.792 bits per heavy atom. The maximum absolute atomic E-state index is 12.1. The first-order valence-electron chi connectivity index (χ1n) is 17.0. The summed E-state index contributed by atoms with van der Waals surface area (Å²) in [4.78, 5) is 12.1. The third-order valence-corrected chi connectivity index (χ3v) is 6.22. The lowest BCUT2D eigenvalue weighted by Crippen LogP contribution is -2.15. The fourth-order valence-electron chi connectivity index (χ4n) is 3.63. The van der Waals surface area contributed by atoms with Crippen LogP contribution in [0.4, 0.5) is 5.69 Å². The Balaban J connectivity index is 1.70. The van der Waals surface area contributed by atoms with Crippen LogP contribution in [-0.2, 0) is 56.8 Å². The Hall–Kier alpha value is -1.95. The van der Waals surface area contributed by atoms with E-state index in [-0.39, 0.29) is 12.6 Å². The molecule has 0 spiro atoms. The van der Waals surface area contributed by atoms with Crippen molar-refractivity contribution in [1.82, 2.24) is 0 Å². The highest BCUT2D eigenvalue weighted by atomic mass is 16.6. The largest absolute Gasteiger partial charge is 0.460 e. The second kappa shape index (κ2) is 36.3. The number of hydrogen-bond donors (Lipinski definition) is 1. The first kappa shape index (κ1) is 44.1. The lowest BCUT2D eigenvalue weighted by Gasteiger charge is -2.09. The van der Waals surface area contributed by atoms with Gasteiger partial charge in [0.2, 0.25) is 0 Å². The summed E-state index contributed by atoms with van der Waals surface area (Å²) in [6.07, 6.45) is 2.24. The minimum atomic E-state index is -0.361. The second-order valence-corrected chi connectivity index (χ2v) is 10.1. The van der Waals surface area contributed by atoms with Crippen molar-refractivity contribution < 1.29 is 61.6 Å². The van der Waals surface area contributed by atoms with Gasteiger partial charge in [0.25, 0.3) is 0 Å². The van der Waals surface area contributed by atoms with E-state index in [4.69, 9.17) is 56.8 Å². The van der Waals surface area contributed by atoms with Gasteiger partial charge in [-0.1, -0.05) is 13.3 Å². The summed E-state index contributed by atoms with van der Waals surface area (Å²) in [5.41, 5.74) is 1.51. The van der Waals surface area contributed by atoms with Crippen LogP contribution >= 0.6 is 0 Å². The zero-order valence-corrected chi connectivity index (χ0v) is 29.3. The number of methoxy groups -OCH3 is 1. The molecule has 1 aromatic carbocycles. The molecule has 14 heteroatoms. The number of carbonyl (C=O) groups is 1. The normalized spacial score (nSPS) is 11.3. The number of carbonyl (C=O) groups excluding carboxylic acids is 1. The first-order chi connectivity index (χ1) is 23.8. The van der Waals surface area contributed by atoms with Gasteiger partial charge in [0.05, 0.1) is 144 Å². The predicted octanol–water partition coefficient (Wildman–Crippen LogP) is 2.87. The van der Waals surface area contributed by atoms with Crippen LogP contribution in [0.2, 0.25) is 0 Å². The van der Waals surface area contributed by atoms with Gasteiger partial charge in [0.15, 0.2) is 0 Å². The van der Waals surface area contributed by atoms with E-state index in [1.807, 2.05) is 12.1 Å². The molecular formula is C34H61NO13. The molecule has 0 bridgehead atoms. The Kier molecular flexibility index (Phi) is 33.4. The minimum Gasteiger partial charge on any atom is -0.460 e. The molecule has 0 saturated heterocycles. The van der Waals surface area contributed by atoms with Crippen molar-refractivity contribution in [2.24, 2.45) is 0 Å². The molecule has 0 aliphatic carbocycles. The predicted molar refractivity (Wildman–Crippen MR) is 180 cm³/mol. The van der Waals surface area contributed by atoms with Crippen molar-refractivity contribution in [3.8, 4) is 0 Å². The lowest BCUT2D eigenvalue weighted by molar-refractivity contribution is -0.0276. The molecule has 0 amide bonds. The Morgan fingerprint density at radius 1 is 0.479 bits per heavy atom. The molecule has 0 saturated carbocycles. The van der Waals surface area contributed by atoms with Crippen molar-refractivity contribution in [1.29, 1.82) is 0 Å². The quantitative estimate of drug-likeness (QED) is 0.0803. The van der Waals surface area contributed by atoms with Crippen molar-refractivity contribution in [2.75, 3.05) is 164 Å². The van der Waals surface area contributed by atoms with Crippen molar-refractivity contribution in [3.05, 3.63) is 29.8 Å². The summed E-state index contributed by atoms with van der Waals surface area (Å²) in [6.45, 7) is 13.7. The molecule has 1 N–H and O–H groups in total. The van der Waals surface area contributed by atoms with Gasteiger partial charge in [-0.25, -0.2) is 4.79 Å². The standard InChI is InChI=1S/C34H61NO13/c1-3-4-9-35-33-7-5-32(6-8-33)34(36)48-31-30-47-29-28-46-27-26-45-25-24-44-23-22-43-21-20-42-19-18-41-17-16-40-15-14-39-13-12-38-11-10-37-2/h5-8,35H,3-4,9-31H2,1-2H3. The van der Waals surface area contributed by atoms with Crippen LogP contribution < -0.4 is 5.32 Å². The molecule has 280 valence electrons. The average Bonchev–Trinajstić information content (AvgIpc) is 3.10. The fourth-order valence-corrected chi connectivity index (χ4v) is 3.63. The molecule has 48 heavy (non-hydrogen) atoms. The van der Waals surface area contributed by atoms with E-state index in [2.05, 4.69) is 12.2 Å². The van der Waals surface area contributed by atoms with E-state index in [0.29, 0.717) is 144 Å². The molecule has 0 aliphatic rings. The number of hydrogen-bond acceptors (Lipinski definition) is 14. The van der Waals surface area contributed by atoms with Crippen LogP contribution in [0.1, 0.15) is 30.1 Å². The van der Waals surface area contributed by atoms with Gasteiger partial charge in [-0.05, 0) is 30.7 Å². The maximum atomic E-state index is 12.1. The number of esters is 1. The summed E-state index contributed by atoms with van der Waals surface area (Å²) in [5.74, 6) is -0.361. The number of ether oxygens (including phenoxy) is 12. The zero-order valence-electron chi connectivity index (χ0n) is 29.3. The summed E-state index contributed by atoms with van der Waals surface area (Å²) in [7, 11) is 1.64. The van der Waals surface area contributed by atoms with E-state index in [1.165, 1.54) is 0 Å². The zero-order chi connectivity index (χ0) is 34.4. The van der Waals surface area contributed by atoms with Crippen LogP contribution in [0, 0.1) is 0 Å². The van der Waals surface area contributed by atoms with E-state index in [9.17, 15) is 4.79 Å². The van der Waals surface area contributed by atoms with Gasteiger partial charge in [-0.15, -0.1) is 0 Å². The second-order valence-electron chi connectivity index (χ2n) is 10.1. The molecule has 0 fully saturated rings. The lowest BCUT2D eigenvalue weighted by atomic mass is 10.2. The number of unbranched alkanes of at least 4 members (excludes halogenated alkanes) is 1. The Bertz CT molecular complexity index is 804. The van der Waals surface area contributed by atoms with Crippen molar-refractivity contribution in [2.45, 2.75) is 19.8 Å². The van der Waals surface area contributed by atoms with Gasteiger partial charge in [0.1, 0.15) is 6.61 Å². The van der Waals surface area contributed by atoms with Crippen LogP contribution in [0.5, 0.6) is 0 Å². The third kappa shape index (κ3) is 30.1. The van der Waals surface area contributed by atoms with E-state index in [0.717, 1.165) is 25.1 Å². The SMILES string of the molecule is CCCCNc1ccc(C(=O)OCCOCCOCCOCCOCCOCCOCCOCCOCCOCCOCCOC)cc1. The minimum absolute atomic E-state index is 0.190. The average molecular weight is 692 g/mol. The monoisotopic (exact) mass is 691 g/mol. The van der Waals surface area contributed by atoms with Crippen LogP contribution in [0.25, 0.3) is 0 Å². The van der Waals surface area contributed by atoms with Crippen molar-refractivity contribution in [3.63, 3.8) is 0 Å². The van der Waals surface area contributed by atoms with Crippen molar-refractivity contribution >= 4 is 11.7 Å². The smallest absolute Gasteiger partial charge is 0.338 e. The van der Waals surface area contributed by atoms with Gasteiger partial charge in [0, 0.05) is 19.3 Å². The first-order valence-corrected chi connectivity index (χ1v) is 17.0. The topological polar surface area (TPSA) is 140 Å². The molecule has 14 nitrogen and oxygen atoms in total. The van der Waals surface area contributed by atoms with Crippen LogP contribution in [-0.4, -0.2) is 165 Å². The maximum Gasteiger partial charge on any atom is 0.338 e. The molecule has 0 heterocycles. The third-order valence-electron chi connectivity index (χ3n) is 6.22. The molecule has 0 unspecified atom stereocenters. The number of rotatable bonds is 38. The summed E-state index contributed by atoms with van der Waals surface area (Å²) in [5, 5.41) is 3.32. The molecule has 1 rings (SSSR count). The van der Waals surface area contributed by atoms with Gasteiger partial charge in [-0.2, -0.15) is 0 Å². The molecule has 0 atom stereocenters. The summed E-state index contributed by atoms with van der Waals surface area (Å²) in [6, 6.07) is 7.29. The highest BCUT2D eigenvalue weighted by Gasteiger charge is 2.06. The van der Waals surface area contributed by atoms with E-state index in [1.54, 1.807) is 19.2 Å². The van der Waals surface area contributed by atoms with Crippen LogP contribution in [0.15, 0.2) is 24.3 Å². The molecule has 0 aromatic heterocycles. The molecular weight excluding hydrogens is 630 g/mol. The van der Waals surface area contributed by atoms with E-state index >= 15 is 0 Å². The highest BCUT2D eigenvalue weighted by Crippen LogP contribution is 2.10. The Morgan fingerprint density at radius 3 is 1.10 bits per heavy atom. The highest BCUT2D eigenvalue weighted by molar-refractivity contribution is 5.89. The molecule has 0 aliphatic heterocycles. The fraction of sp³-hybridized carbons (Fsp3) is 0.794. The van der Waals surface area contributed by atoms with Gasteiger partial charge in [-0.3, -0.25) is 0 Å². The Labute approximate surface area is 287 Å². The molecule has 1 aromatic rings. The van der Waals surface area contributed by atoms with Gasteiger partial charge < -0.3 is 62.2 Å².